The maximum atomic E-state index is 12.6. The molecule has 2 saturated heterocycles. The first-order valence-electron chi connectivity index (χ1n) is 8.49. The van der Waals surface area contributed by atoms with Crippen molar-refractivity contribution in [3.05, 3.63) is 23.7 Å². The summed E-state index contributed by atoms with van der Waals surface area (Å²) in [6.07, 6.45) is 0. The summed E-state index contributed by atoms with van der Waals surface area (Å²) in [6, 6.07) is 5.48. The first-order chi connectivity index (χ1) is 11.7. The van der Waals surface area contributed by atoms with Gasteiger partial charge < -0.3 is 14.1 Å². The molecule has 130 valence electrons. The van der Waals surface area contributed by atoms with Gasteiger partial charge in [-0.2, -0.15) is 5.26 Å². The third-order valence-corrected chi connectivity index (χ3v) is 4.79. The minimum absolute atomic E-state index is 0.0842. The average molecular weight is 332 g/mol. The van der Waals surface area contributed by atoms with Crippen molar-refractivity contribution in [3.63, 3.8) is 0 Å². The largest absolute Gasteiger partial charge is 0.449 e. The van der Waals surface area contributed by atoms with Gasteiger partial charge in [0.25, 0.3) is 0 Å². The lowest BCUT2D eigenvalue weighted by atomic mass is 10.2. The highest BCUT2D eigenvalue weighted by atomic mass is 16.5. The highest BCUT2D eigenvalue weighted by molar-refractivity contribution is 5.81. The van der Waals surface area contributed by atoms with Crippen LogP contribution in [-0.4, -0.2) is 79.1 Å². The van der Waals surface area contributed by atoms with E-state index in [-0.39, 0.29) is 11.9 Å². The minimum atomic E-state index is -0.0842. The van der Waals surface area contributed by atoms with Crippen molar-refractivity contribution < 1.29 is 13.9 Å². The number of hydrogen-bond acceptors (Lipinski definition) is 6. The van der Waals surface area contributed by atoms with Gasteiger partial charge >= 0.3 is 0 Å². The van der Waals surface area contributed by atoms with Gasteiger partial charge in [-0.1, -0.05) is 0 Å². The summed E-state index contributed by atoms with van der Waals surface area (Å²) in [4.78, 5) is 19.0. The number of hydrogen-bond donors (Lipinski definition) is 0. The van der Waals surface area contributed by atoms with Crippen LogP contribution in [0.1, 0.15) is 18.4 Å². The van der Waals surface area contributed by atoms with E-state index in [1.54, 1.807) is 6.07 Å². The monoisotopic (exact) mass is 332 g/mol. The second-order valence-corrected chi connectivity index (χ2v) is 6.30. The molecule has 2 aliphatic rings. The average Bonchev–Trinajstić information content (AvgIpc) is 3.09. The summed E-state index contributed by atoms with van der Waals surface area (Å²) < 4.78 is 10.8. The molecule has 24 heavy (non-hydrogen) atoms. The SMILES string of the molecule is C[C@H](C(=O)N1CCOCC1)N1CCN(Cc2ccc(C#N)o2)CC1. The van der Waals surface area contributed by atoms with E-state index in [0.717, 1.165) is 31.9 Å². The zero-order valence-corrected chi connectivity index (χ0v) is 14.1. The molecule has 1 atom stereocenters. The van der Waals surface area contributed by atoms with Crippen LogP contribution in [0.25, 0.3) is 0 Å². The van der Waals surface area contributed by atoms with Crippen LogP contribution in [0.2, 0.25) is 0 Å². The standard InChI is InChI=1S/C17H24N4O3/c1-14(17(22)21-8-10-23-11-9-21)20-6-4-19(5-7-20)13-16-3-2-15(12-18)24-16/h2-3,14H,4-11,13H2,1H3/t14-/m1/s1. The van der Waals surface area contributed by atoms with Crippen LogP contribution in [-0.2, 0) is 16.1 Å². The molecule has 2 aliphatic heterocycles. The number of carbonyl (C=O) groups is 1. The number of ether oxygens (including phenoxy) is 1. The van der Waals surface area contributed by atoms with Crippen LogP contribution in [0.15, 0.2) is 16.5 Å². The molecule has 0 unspecified atom stereocenters. The second-order valence-electron chi connectivity index (χ2n) is 6.30. The van der Waals surface area contributed by atoms with E-state index in [9.17, 15) is 4.79 Å². The molecule has 0 spiro atoms. The van der Waals surface area contributed by atoms with E-state index in [0.29, 0.717) is 38.6 Å². The first kappa shape index (κ1) is 17.0. The van der Waals surface area contributed by atoms with Gasteiger partial charge in [0, 0.05) is 39.3 Å². The zero-order chi connectivity index (χ0) is 16.9. The third kappa shape index (κ3) is 3.96. The topological polar surface area (TPSA) is 73.0 Å². The van der Waals surface area contributed by atoms with Gasteiger partial charge in [0.1, 0.15) is 11.8 Å². The Balaban J connectivity index is 1.47. The van der Waals surface area contributed by atoms with Crippen LogP contribution < -0.4 is 0 Å². The van der Waals surface area contributed by atoms with E-state index >= 15 is 0 Å². The van der Waals surface area contributed by atoms with Gasteiger partial charge in [0.2, 0.25) is 11.7 Å². The van der Waals surface area contributed by atoms with Crippen molar-refractivity contribution in [1.82, 2.24) is 14.7 Å². The van der Waals surface area contributed by atoms with Crippen molar-refractivity contribution in [2.24, 2.45) is 0 Å². The van der Waals surface area contributed by atoms with Gasteiger partial charge in [-0.05, 0) is 19.1 Å². The molecule has 7 nitrogen and oxygen atoms in total. The Morgan fingerprint density at radius 3 is 2.54 bits per heavy atom. The van der Waals surface area contributed by atoms with E-state index < -0.39 is 0 Å². The Morgan fingerprint density at radius 1 is 1.21 bits per heavy atom. The number of nitrogens with zero attached hydrogens (tertiary/aromatic N) is 4. The van der Waals surface area contributed by atoms with Gasteiger partial charge in [0.05, 0.1) is 25.8 Å². The predicted molar refractivity (Wildman–Crippen MR) is 87.1 cm³/mol. The van der Waals surface area contributed by atoms with Gasteiger partial charge in [-0.15, -0.1) is 0 Å². The highest BCUT2D eigenvalue weighted by Crippen LogP contribution is 2.14. The molecule has 1 aromatic heterocycles. The molecule has 3 rings (SSSR count). The summed E-state index contributed by atoms with van der Waals surface area (Å²) in [7, 11) is 0. The summed E-state index contributed by atoms with van der Waals surface area (Å²) in [5.41, 5.74) is 0. The maximum Gasteiger partial charge on any atom is 0.239 e. The molecule has 0 radical (unpaired) electrons. The molecule has 0 aromatic carbocycles. The molecule has 0 N–H and O–H groups in total. The number of piperazine rings is 1. The Hall–Kier alpha value is -1.88. The summed E-state index contributed by atoms with van der Waals surface area (Å²) >= 11 is 0. The Labute approximate surface area is 142 Å². The number of nitriles is 1. The molecule has 0 aliphatic carbocycles. The van der Waals surface area contributed by atoms with Crippen molar-refractivity contribution in [1.29, 1.82) is 5.26 Å². The normalized spacial score (nSPS) is 21.4. The van der Waals surface area contributed by atoms with Gasteiger partial charge in [0.15, 0.2) is 0 Å². The summed E-state index contributed by atoms with van der Waals surface area (Å²) in [6.45, 7) is 8.89. The molecule has 0 saturated carbocycles. The lowest BCUT2D eigenvalue weighted by molar-refractivity contribution is -0.141. The fourth-order valence-electron chi connectivity index (χ4n) is 3.26. The second kappa shape index (κ2) is 7.79. The van der Waals surface area contributed by atoms with Crippen LogP contribution in [0, 0.1) is 11.3 Å². The van der Waals surface area contributed by atoms with E-state index in [1.165, 1.54) is 0 Å². The quantitative estimate of drug-likeness (QED) is 0.800. The molecule has 1 amide bonds. The fourth-order valence-corrected chi connectivity index (χ4v) is 3.26. The van der Waals surface area contributed by atoms with Crippen LogP contribution in [0.4, 0.5) is 0 Å². The molecule has 2 fully saturated rings. The smallest absolute Gasteiger partial charge is 0.239 e. The lowest BCUT2D eigenvalue weighted by Gasteiger charge is -2.39. The highest BCUT2D eigenvalue weighted by Gasteiger charge is 2.29. The van der Waals surface area contributed by atoms with E-state index in [1.807, 2.05) is 24.0 Å². The van der Waals surface area contributed by atoms with Crippen LogP contribution in [0.5, 0.6) is 0 Å². The number of carbonyl (C=O) groups excluding carboxylic acids is 1. The van der Waals surface area contributed by atoms with Gasteiger partial charge in [-0.25, -0.2) is 0 Å². The lowest BCUT2D eigenvalue weighted by Crippen LogP contribution is -2.55. The number of furan rings is 1. The van der Waals surface area contributed by atoms with E-state index in [4.69, 9.17) is 14.4 Å². The molecule has 3 heterocycles. The zero-order valence-electron chi connectivity index (χ0n) is 14.1. The Bertz CT molecular complexity index is 595. The molecular formula is C17H24N4O3. The van der Waals surface area contributed by atoms with Crippen molar-refractivity contribution >= 4 is 5.91 Å². The van der Waals surface area contributed by atoms with Gasteiger partial charge in [-0.3, -0.25) is 14.6 Å². The minimum Gasteiger partial charge on any atom is -0.449 e. The molecule has 7 heteroatoms. The predicted octanol–water partition coefficient (Wildman–Crippen LogP) is 0.516. The summed E-state index contributed by atoms with van der Waals surface area (Å²) in [5, 5.41) is 8.80. The molecule has 0 bridgehead atoms. The van der Waals surface area contributed by atoms with Crippen LogP contribution >= 0.6 is 0 Å². The summed E-state index contributed by atoms with van der Waals surface area (Å²) in [5.74, 6) is 1.38. The number of morpholine rings is 1. The Kier molecular flexibility index (Phi) is 5.51. The maximum absolute atomic E-state index is 12.6. The molecule has 1 aromatic rings. The van der Waals surface area contributed by atoms with Crippen molar-refractivity contribution in [2.45, 2.75) is 19.5 Å². The molecular weight excluding hydrogens is 308 g/mol. The number of amides is 1. The van der Waals surface area contributed by atoms with Crippen LogP contribution in [0.3, 0.4) is 0 Å². The fraction of sp³-hybridized carbons (Fsp3) is 0.647. The van der Waals surface area contributed by atoms with E-state index in [2.05, 4.69) is 9.80 Å². The third-order valence-electron chi connectivity index (χ3n) is 4.79. The van der Waals surface area contributed by atoms with Crippen molar-refractivity contribution in [2.75, 3.05) is 52.5 Å². The Morgan fingerprint density at radius 2 is 1.92 bits per heavy atom. The number of rotatable bonds is 4. The van der Waals surface area contributed by atoms with Crippen molar-refractivity contribution in [3.8, 4) is 6.07 Å². The first-order valence-corrected chi connectivity index (χ1v) is 8.49.